The van der Waals surface area contributed by atoms with Crippen LogP contribution in [-0.2, 0) is 10.0 Å². The van der Waals surface area contributed by atoms with Gasteiger partial charge in [0.05, 0.1) is 10.0 Å². The van der Waals surface area contributed by atoms with Gasteiger partial charge in [-0.05, 0) is 25.0 Å². The van der Waals surface area contributed by atoms with Gasteiger partial charge in [0.25, 0.3) is 10.0 Å². The summed E-state index contributed by atoms with van der Waals surface area (Å²) in [5, 5.41) is 1.71. The zero-order valence-electron chi connectivity index (χ0n) is 10.2. The van der Waals surface area contributed by atoms with Crippen LogP contribution in [0.1, 0.15) is 19.3 Å². The maximum atomic E-state index is 12.3. The van der Waals surface area contributed by atoms with E-state index >= 15 is 0 Å². The molecule has 0 aliphatic carbocycles. The first-order chi connectivity index (χ1) is 8.90. The highest BCUT2D eigenvalue weighted by Gasteiger charge is 2.25. The molecular weight excluding hydrogens is 309 g/mol. The minimum atomic E-state index is -3.78. The minimum absolute atomic E-state index is 0.0227. The smallest absolute Gasteiger partial charge is 0.256 e. The van der Waals surface area contributed by atoms with Crippen molar-refractivity contribution in [1.29, 1.82) is 0 Å². The topological polar surface area (TPSA) is 75.4 Å². The zero-order chi connectivity index (χ0) is 14.0. The van der Waals surface area contributed by atoms with Crippen LogP contribution < -0.4 is 10.6 Å². The summed E-state index contributed by atoms with van der Waals surface area (Å²) in [6.45, 7) is 1.37. The van der Waals surface area contributed by atoms with E-state index in [1.165, 1.54) is 12.1 Å². The van der Waals surface area contributed by atoms with E-state index < -0.39 is 10.0 Å². The fourth-order valence-electron chi connectivity index (χ4n) is 2.04. The van der Waals surface area contributed by atoms with Crippen LogP contribution in [0, 0.1) is 0 Å². The second-order valence-corrected chi connectivity index (χ2v) is 6.87. The molecule has 1 aromatic rings. The van der Waals surface area contributed by atoms with Crippen LogP contribution in [0.25, 0.3) is 0 Å². The fraction of sp³-hybridized carbons (Fsp3) is 0.455. The Bertz CT molecular complexity index is 548. The van der Waals surface area contributed by atoms with Gasteiger partial charge in [-0.15, -0.1) is 4.83 Å². The monoisotopic (exact) mass is 323 g/mol. The van der Waals surface area contributed by atoms with Gasteiger partial charge in [0, 0.05) is 18.8 Å². The van der Waals surface area contributed by atoms with E-state index in [2.05, 4.69) is 4.83 Å². The number of nitrogens with two attached hydrogens (primary N) is 1. The van der Waals surface area contributed by atoms with Gasteiger partial charge in [0.1, 0.15) is 4.90 Å². The summed E-state index contributed by atoms with van der Waals surface area (Å²) < 4.78 is 24.6. The number of rotatable bonds is 3. The van der Waals surface area contributed by atoms with Crippen molar-refractivity contribution in [2.75, 3.05) is 18.8 Å². The van der Waals surface area contributed by atoms with Crippen molar-refractivity contribution in [2.24, 2.45) is 0 Å². The van der Waals surface area contributed by atoms with Crippen molar-refractivity contribution < 1.29 is 8.42 Å². The molecule has 0 bridgehead atoms. The van der Waals surface area contributed by atoms with Gasteiger partial charge in [-0.25, -0.2) is 13.4 Å². The highest BCUT2D eigenvalue weighted by Crippen LogP contribution is 2.31. The second kappa shape index (κ2) is 5.85. The summed E-state index contributed by atoms with van der Waals surface area (Å²) in [6.07, 6.45) is 3.04. The van der Waals surface area contributed by atoms with Gasteiger partial charge in [0.15, 0.2) is 0 Å². The molecule has 1 aliphatic heterocycles. The summed E-state index contributed by atoms with van der Waals surface area (Å²) in [5.41, 5.74) is 5.89. The number of benzene rings is 1. The molecule has 5 nitrogen and oxygen atoms in total. The van der Waals surface area contributed by atoms with Gasteiger partial charge in [-0.1, -0.05) is 29.6 Å². The molecule has 0 spiro atoms. The molecule has 1 aliphatic rings. The number of anilines is 1. The Morgan fingerprint density at radius 2 is 1.63 bits per heavy atom. The van der Waals surface area contributed by atoms with Crippen molar-refractivity contribution in [1.82, 2.24) is 9.84 Å². The van der Waals surface area contributed by atoms with Gasteiger partial charge in [-0.3, -0.25) is 0 Å². The van der Waals surface area contributed by atoms with Crippen LogP contribution in [0.4, 0.5) is 5.69 Å². The number of hydrogen-bond donors (Lipinski definition) is 2. The minimum Gasteiger partial charge on any atom is -0.399 e. The van der Waals surface area contributed by atoms with Gasteiger partial charge < -0.3 is 5.73 Å². The number of hydrogen-bond acceptors (Lipinski definition) is 4. The summed E-state index contributed by atoms with van der Waals surface area (Å²) in [7, 11) is -3.78. The Labute approximate surface area is 122 Å². The van der Waals surface area contributed by atoms with Crippen LogP contribution in [-0.4, -0.2) is 26.5 Å². The molecule has 0 atom stereocenters. The number of piperidine rings is 1. The van der Waals surface area contributed by atoms with Crippen molar-refractivity contribution in [3.05, 3.63) is 22.2 Å². The Morgan fingerprint density at radius 1 is 1.11 bits per heavy atom. The lowest BCUT2D eigenvalue weighted by atomic mass is 10.2. The van der Waals surface area contributed by atoms with Gasteiger partial charge in [0.2, 0.25) is 0 Å². The first-order valence-corrected chi connectivity index (χ1v) is 8.16. The SMILES string of the molecule is Nc1cc(Cl)c(S(=O)(=O)NN2CCCCC2)c(Cl)c1. The lowest BCUT2D eigenvalue weighted by molar-refractivity contribution is 0.200. The molecule has 19 heavy (non-hydrogen) atoms. The van der Waals surface area contributed by atoms with E-state index in [0.29, 0.717) is 18.8 Å². The molecule has 2 rings (SSSR count). The fourth-order valence-corrected chi connectivity index (χ4v) is 4.40. The molecule has 1 saturated heterocycles. The average molecular weight is 324 g/mol. The number of hydrazine groups is 1. The largest absolute Gasteiger partial charge is 0.399 e. The predicted molar refractivity (Wildman–Crippen MR) is 76.6 cm³/mol. The molecule has 0 saturated carbocycles. The second-order valence-electron chi connectivity index (χ2n) is 4.46. The summed E-state index contributed by atoms with van der Waals surface area (Å²) in [5.74, 6) is 0. The zero-order valence-corrected chi connectivity index (χ0v) is 12.5. The first kappa shape index (κ1) is 14.9. The molecule has 8 heteroatoms. The van der Waals surface area contributed by atoms with Crippen molar-refractivity contribution in [3.8, 4) is 0 Å². The Balaban J connectivity index is 2.29. The van der Waals surface area contributed by atoms with Gasteiger partial charge in [-0.2, -0.15) is 0 Å². The molecule has 1 fully saturated rings. The third-order valence-electron chi connectivity index (χ3n) is 2.89. The van der Waals surface area contributed by atoms with Crippen molar-refractivity contribution in [2.45, 2.75) is 24.2 Å². The lowest BCUT2D eigenvalue weighted by Gasteiger charge is -2.26. The maximum Gasteiger partial charge on any atom is 0.256 e. The van der Waals surface area contributed by atoms with Crippen molar-refractivity contribution in [3.63, 3.8) is 0 Å². The van der Waals surface area contributed by atoms with Gasteiger partial charge >= 0.3 is 0 Å². The standard InChI is InChI=1S/C11H15Cl2N3O2S/c12-9-6-8(14)7-10(13)11(9)19(17,18)15-16-4-2-1-3-5-16/h6-7,15H,1-5,14H2. The Hall–Kier alpha value is -0.530. The van der Waals surface area contributed by atoms with Crippen LogP contribution in [0.2, 0.25) is 10.0 Å². The maximum absolute atomic E-state index is 12.3. The average Bonchev–Trinajstić information content (AvgIpc) is 2.27. The predicted octanol–water partition coefficient (Wildman–Crippen LogP) is 2.25. The third kappa shape index (κ3) is 3.52. The number of nitrogens with one attached hydrogen (secondary N) is 1. The molecule has 0 amide bonds. The normalized spacial score (nSPS) is 17.6. The highest BCUT2D eigenvalue weighted by atomic mass is 35.5. The number of nitrogens with zero attached hydrogens (tertiary/aromatic N) is 1. The molecule has 0 unspecified atom stereocenters. The summed E-state index contributed by atoms with van der Waals surface area (Å²) in [4.78, 5) is 2.38. The summed E-state index contributed by atoms with van der Waals surface area (Å²) >= 11 is 11.9. The molecular formula is C11H15Cl2N3O2S. The number of nitrogen functional groups attached to an aromatic ring is 1. The van der Waals surface area contributed by atoms with E-state index in [1.54, 1.807) is 5.01 Å². The lowest BCUT2D eigenvalue weighted by Crippen LogP contribution is -2.45. The molecule has 1 aromatic carbocycles. The molecule has 3 N–H and O–H groups in total. The van der Waals surface area contributed by atoms with E-state index in [0.717, 1.165) is 19.3 Å². The van der Waals surface area contributed by atoms with Crippen LogP contribution in [0.3, 0.4) is 0 Å². The van der Waals surface area contributed by atoms with Crippen molar-refractivity contribution >= 4 is 38.9 Å². The third-order valence-corrected chi connectivity index (χ3v) is 5.19. The number of halogens is 2. The quantitative estimate of drug-likeness (QED) is 0.836. The molecule has 106 valence electrons. The van der Waals surface area contributed by atoms with Crippen LogP contribution >= 0.6 is 23.2 Å². The van der Waals surface area contributed by atoms with Crippen LogP contribution in [0.5, 0.6) is 0 Å². The van der Waals surface area contributed by atoms with Crippen LogP contribution in [0.15, 0.2) is 17.0 Å². The Kier molecular flexibility index (Phi) is 4.58. The van der Waals surface area contributed by atoms with E-state index in [-0.39, 0.29) is 14.9 Å². The Morgan fingerprint density at radius 3 is 2.16 bits per heavy atom. The van der Waals surface area contributed by atoms with E-state index in [1.807, 2.05) is 0 Å². The van der Waals surface area contributed by atoms with E-state index in [9.17, 15) is 8.42 Å². The molecule has 0 radical (unpaired) electrons. The first-order valence-electron chi connectivity index (χ1n) is 5.92. The number of sulfonamides is 1. The highest BCUT2D eigenvalue weighted by molar-refractivity contribution is 7.89. The summed E-state index contributed by atoms with van der Waals surface area (Å²) in [6, 6.07) is 2.75. The molecule has 0 aromatic heterocycles. The molecule has 1 heterocycles. The van der Waals surface area contributed by atoms with E-state index in [4.69, 9.17) is 28.9 Å².